The highest BCUT2D eigenvalue weighted by molar-refractivity contribution is 9.10. The molecule has 0 aliphatic carbocycles. The highest BCUT2D eigenvalue weighted by Gasteiger charge is 2.15. The zero-order chi connectivity index (χ0) is 15.7. The smallest absolute Gasteiger partial charge is 0.295 e. The summed E-state index contributed by atoms with van der Waals surface area (Å²) in [6.45, 7) is 0. The van der Waals surface area contributed by atoms with E-state index in [0.29, 0.717) is 17.1 Å². The van der Waals surface area contributed by atoms with E-state index < -0.39 is 10.7 Å². The van der Waals surface area contributed by atoms with E-state index in [9.17, 15) is 14.9 Å². The van der Waals surface area contributed by atoms with E-state index in [1.54, 1.807) is 12.1 Å². The first-order valence-electron chi connectivity index (χ1n) is 6.16. The zero-order valence-electron chi connectivity index (χ0n) is 11.0. The Balaban J connectivity index is 2.11. The van der Waals surface area contributed by atoms with E-state index in [2.05, 4.69) is 21.1 Å². The SMILES string of the molecule is O=c1onc(-c2ccc(Br)cc2)n1-c1ccc([N+](=O)[O-])cc1. The molecule has 8 heteroatoms. The first kappa shape index (κ1) is 14.2. The number of nitro benzene ring substituents is 1. The third kappa shape index (κ3) is 2.56. The summed E-state index contributed by atoms with van der Waals surface area (Å²) in [4.78, 5) is 22.1. The van der Waals surface area contributed by atoms with Gasteiger partial charge in [0.1, 0.15) is 0 Å². The standard InChI is InChI=1S/C14H8BrN3O4/c15-10-3-1-9(2-4-10)13-16-22-14(19)17(13)11-5-7-12(8-6-11)18(20)21/h1-8H. The number of nitro groups is 1. The minimum absolute atomic E-state index is 0.0570. The topological polar surface area (TPSA) is 91.2 Å². The van der Waals surface area contributed by atoms with Crippen molar-refractivity contribution in [2.45, 2.75) is 0 Å². The molecule has 0 fully saturated rings. The Morgan fingerprint density at radius 1 is 1.09 bits per heavy atom. The number of rotatable bonds is 3. The maximum Gasteiger partial charge on any atom is 0.446 e. The van der Waals surface area contributed by atoms with Crippen molar-refractivity contribution in [3.05, 3.63) is 73.7 Å². The third-order valence-electron chi connectivity index (χ3n) is 3.03. The largest absolute Gasteiger partial charge is 0.446 e. The van der Waals surface area contributed by atoms with Gasteiger partial charge in [-0.2, -0.15) is 0 Å². The fraction of sp³-hybridized carbons (Fsp3) is 0. The van der Waals surface area contributed by atoms with Gasteiger partial charge < -0.3 is 0 Å². The summed E-state index contributed by atoms with van der Waals surface area (Å²) in [5.74, 6) is -0.335. The van der Waals surface area contributed by atoms with E-state index in [0.717, 1.165) is 4.47 Å². The maximum atomic E-state index is 11.9. The van der Waals surface area contributed by atoms with E-state index in [4.69, 9.17) is 4.52 Å². The molecule has 0 amide bonds. The Kier molecular flexibility index (Phi) is 3.60. The number of hydrogen-bond acceptors (Lipinski definition) is 5. The highest BCUT2D eigenvalue weighted by atomic mass is 79.9. The van der Waals surface area contributed by atoms with Gasteiger partial charge in [0.15, 0.2) is 5.82 Å². The molecule has 0 radical (unpaired) electrons. The normalized spacial score (nSPS) is 10.6. The fourth-order valence-electron chi connectivity index (χ4n) is 1.98. The summed E-state index contributed by atoms with van der Waals surface area (Å²) in [5, 5.41) is 14.5. The quantitative estimate of drug-likeness (QED) is 0.527. The van der Waals surface area contributed by atoms with Crippen LogP contribution in [0, 0.1) is 10.1 Å². The van der Waals surface area contributed by atoms with Gasteiger partial charge in [0.25, 0.3) is 5.69 Å². The van der Waals surface area contributed by atoms with Crippen LogP contribution in [-0.4, -0.2) is 14.6 Å². The number of halogens is 1. The summed E-state index contributed by atoms with van der Waals surface area (Å²) in [5.41, 5.74) is 1.07. The Labute approximate surface area is 132 Å². The number of nitrogens with zero attached hydrogens (tertiary/aromatic N) is 3. The lowest BCUT2D eigenvalue weighted by molar-refractivity contribution is -0.384. The molecule has 0 saturated carbocycles. The molecular formula is C14H8BrN3O4. The molecular weight excluding hydrogens is 354 g/mol. The summed E-state index contributed by atoms with van der Waals surface area (Å²) in [6, 6.07) is 12.8. The predicted octanol–water partition coefficient (Wildman–Crippen LogP) is 3.16. The number of hydrogen-bond donors (Lipinski definition) is 0. The Morgan fingerprint density at radius 2 is 1.73 bits per heavy atom. The van der Waals surface area contributed by atoms with Gasteiger partial charge in [-0.05, 0) is 36.4 Å². The number of benzene rings is 2. The predicted molar refractivity (Wildman–Crippen MR) is 81.9 cm³/mol. The van der Waals surface area contributed by atoms with E-state index in [-0.39, 0.29) is 5.69 Å². The lowest BCUT2D eigenvalue weighted by Gasteiger charge is -2.04. The van der Waals surface area contributed by atoms with Gasteiger partial charge in [-0.1, -0.05) is 21.1 Å². The van der Waals surface area contributed by atoms with Crippen molar-refractivity contribution >= 4 is 21.6 Å². The molecule has 3 aromatic rings. The Bertz CT molecular complexity index is 882. The summed E-state index contributed by atoms with van der Waals surface area (Å²) < 4.78 is 6.87. The van der Waals surface area contributed by atoms with E-state index in [1.165, 1.54) is 28.8 Å². The van der Waals surface area contributed by atoms with E-state index >= 15 is 0 Å². The second-order valence-electron chi connectivity index (χ2n) is 4.39. The van der Waals surface area contributed by atoms with Gasteiger partial charge in [0.2, 0.25) is 0 Å². The number of non-ortho nitro benzene ring substituents is 1. The zero-order valence-corrected chi connectivity index (χ0v) is 12.6. The second-order valence-corrected chi connectivity index (χ2v) is 5.30. The molecule has 22 heavy (non-hydrogen) atoms. The lowest BCUT2D eigenvalue weighted by atomic mass is 10.2. The Morgan fingerprint density at radius 3 is 2.32 bits per heavy atom. The van der Waals surface area contributed by atoms with Crippen LogP contribution >= 0.6 is 15.9 Å². The first-order valence-corrected chi connectivity index (χ1v) is 6.95. The van der Waals surface area contributed by atoms with Gasteiger partial charge in [-0.3, -0.25) is 14.6 Å². The minimum Gasteiger partial charge on any atom is -0.295 e. The molecule has 110 valence electrons. The van der Waals surface area contributed by atoms with Gasteiger partial charge >= 0.3 is 5.76 Å². The molecule has 0 spiro atoms. The summed E-state index contributed by atoms with van der Waals surface area (Å²) in [7, 11) is 0. The first-order chi connectivity index (χ1) is 10.6. The van der Waals surface area contributed by atoms with Gasteiger partial charge in [0, 0.05) is 22.2 Å². The van der Waals surface area contributed by atoms with Crippen molar-refractivity contribution in [2.75, 3.05) is 0 Å². The van der Waals surface area contributed by atoms with Crippen LogP contribution < -0.4 is 5.76 Å². The van der Waals surface area contributed by atoms with Crippen molar-refractivity contribution in [1.29, 1.82) is 0 Å². The second kappa shape index (κ2) is 5.57. The number of aromatic nitrogens is 2. The molecule has 0 unspecified atom stereocenters. The molecule has 7 nitrogen and oxygen atoms in total. The highest BCUT2D eigenvalue weighted by Crippen LogP contribution is 2.22. The van der Waals surface area contributed by atoms with Gasteiger partial charge in [-0.25, -0.2) is 9.36 Å². The molecule has 0 N–H and O–H groups in total. The van der Waals surface area contributed by atoms with Crippen LogP contribution in [0.25, 0.3) is 17.1 Å². The average molecular weight is 362 g/mol. The molecule has 0 saturated heterocycles. The summed E-state index contributed by atoms with van der Waals surface area (Å²) in [6.07, 6.45) is 0. The molecule has 2 aromatic carbocycles. The van der Waals surface area contributed by atoms with Crippen LogP contribution in [0.2, 0.25) is 0 Å². The van der Waals surface area contributed by atoms with Crippen molar-refractivity contribution in [3.8, 4) is 17.1 Å². The van der Waals surface area contributed by atoms with Crippen molar-refractivity contribution in [3.63, 3.8) is 0 Å². The van der Waals surface area contributed by atoms with Crippen LogP contribution in [0.1, 0.15) is 0 Å². The van der Waals surface area contributed by atoms with Gasteiger partial charge in [-0.15, -0.1) is 0 Å². The summed E-state index contributed by atoms with van der Waals surface area (Å²) >= 11 is 3.33. The molecule has 1 heterocycles. The van der Waals surface area contributed by atoms with Crippen molar-refractivity contribution in [2.24, 2.45) is 0 Å². The molecule has 0 aliphatic heterocycles. The monoisotopic (exact) mass is 361 g/mol. The Hall–Kier alpha value is -2.74. The third-order valence-corrected chi connectivity index (χ3v) is 3.55. The van der Waals surface area contributed by atoms with E-state index in [1.807, 2.05) is 12.1 Å². The van der Waals surface area contributed by atoms with Gasteiger partial charge in [0.05, 0.1) is 10.6 Å². The molecule has 3 rings (SSSR count). The van der Waals surface area contributed by atoms with Crippen LogP contribution in [0.5, 0.6) is 0 Å². The molecule has 1 aromatic heterocycles. The molecule has 0 aliphatic rings. The maximum absolute atomic E-state index is 11.9. The van der Waals surface area contributed by atoms with Crippen molar-refractivity contribution in [1.82, 2.24) is 9.72 Å². The lowest BCUT2D eigenvalue weighted by Crippen LogP contribution is -2.13. The molecule has 0 atom stereocenters. The van der Waals surface area contributed by atoms with Crippen LogP contribution in [0.15, 0.2) is 62.3 Å². The van der Waals surface area contributed by atoms with Crippen LogP contribution in [-0.2, 0) is 0 Å². The molecule has 0 bridgehead atoms. The van der Waals surface area contributed by atoms with Crippen molar-refractivity contribution < 1.29 is 9.45 Å². The van der Waals surface area contributed by atoms with Crippen LogP contribution in [0.4, 0.5) is 5.69 Å². The average Bonchev–Trinajstić information content (AvgIpc) is 2.90. The minimum atomic E-state index is -0.660. The fourth-order valence-corrected chi connectivity index (χ4v) is 2.25. The van der Waals surface area contributed by atoms with Crippen LogP contribution in [0.3, 0.4) is 0 Å².